The molecule has 0 aromatic heterocycles. The Morgan fingerprint density at radius 1 is 1.47 bits per heavy atom. The molecule has 1 aromatic carbocycles. The molecule has 1 N–H and O–H groups in total. The highest BCUT2D eigenvalue weighted by molar-refractivity contribution is 6.26. The Balaban J connectivity index is 2.39. The molecular formula is C11H9N3O3. The van der Waals surface area contributed by atoms with Crippen molar-refractivity contribution in [1.29, 1.82) is 0 Å². The predicted octanol–water partition coefficient (Wildman–Crippen LogP) is 1.48. The second kappa shape index (κ2) is 4.17. The summed E-state index contributed by atoms with van der Waals surface area (Å²) in [5.41, 5.74) is 3.91. The molecule has 1 heterocycles. The summed E-state index contributed by atoms with van der Waals surface area (Å²) < 4.78 is 0. The van der Waals surface area contributed by atoms with E-state index in [0.29, 0.717) is 16.8 Å². The molecule has 0 saturated heterocycles. The average molecular weight is 231 g/mol. The first-order valence-electron chi connectivity index (χ1n) is 4.89. The Bertz CT molecular complexity index is 561. The van der Waals surface area contributed by atoms with E-state index in [1.54, 1.807) is 25.1 Å². The molecule has 0 atom stereocenters. The minimum absolute atomic E-state index is 0.00709. The Kier molecular flexibility index (Phi) is 2.70. The fourth-order valence-electron chi connectivity index (χ4n) is 1.48. The lowest BCUT2D eigenvalue weighted by molar-refractivity contribution is -0.384. The van der Waals surface area contributed by atoms with E-state index in [2.05, 4.69) is 10.5 Å². The third-order valence-electron chi connectivity index (χ3n) is 2.35. The van der Waals surface area contributed by atoms with E-state index >= 15 is 0 Å². The molecule has 1 amide bonds. The Morgan fingerprint density at radius 2 is 2.24 bits per heavy atom. The first-order chi connectivity index (χ1) is 8.08. The molecule has 1 aliphatic heterocycles. The van der Waals surface area contributed by atoms with E-state index < -0.39 is 4.92 Å². The fraction of sp³-hybridized carbons (Fsp3) is 0.0909. The Hall–Kier alpha value is -2.50. The van der Waals surface area contributed by atoms with Crippen molar-refractivity contribution in [2.45, 2.75) is 6.92 Å². The monoisotopic (exact) mass is 231 g/mol. The maximum absolute atomic E-state index is 11.4. The number of nitro groups is 1. The number of nitro benzene ring substituents is 1. The third-order valence-corrected chi connectivity index (χ3v) is 2.35. The fourth-order valence-corrected chi connectivity index (χ4v) is 1.48. The highest BCUT2D eigenvalue weighted by Gasteiger charge is 2.18. The van der Waals surface area contributed by atoms with Crippen molar-refractivity contribution in [3.63, 3.8) is 0 Å². The smallest absolute Gasteiger partial charge is 0.267 e. The van der Waals surface area contributed by atoms with Crippen LogP contribution in [0.15, 0.2) is 34.9 Å². The van der Waals surface area contributed by atoms with Crippen LogP contribution < -0.4 is 5.43 Å². The summed E-state index contributed by atoms with van der Waals surface area (Å²) in [6, 6.07) is 6.08. The van der Waals surface area contributed by atoms with Gasteiger partial charge in [-0.3, -0.25) is 14.9 Å². The van der Waals surface area contributed by atoms with Gasteiger partial charge in [0.25, 0.3) is 11.6 Å². The SMILES string of the molecule is CC1=NNC(=O)C1=Cc1cccc([N+](=O)[O-])c1. The number of rotatable bonds is 2. The molecule has 0 fully saturated rings. The molecule has 1 aromatic rings. The molecule has 2 rings (SSSR count). The quantitative estimate of drug-likeness (QED) is 0.475. The average Bonchev–Trinajstić information content (AvgIpc) is 2.61. The van der Waals surface area contributed by atoms with E-state index in [1.165, 1.54) is 12.1 Å². The van der Waals surface area contributed by atoms with E-state index in [-0.39, 0.29) is 11.6 Å². The van der Waals surface area contributed by atoms with E-state index in [1.807, 2.05) is 0 Å². The maximum Gasteiger partial charge on any atom is 0.273 e. The minimum atomic E-state index is -0.475. The number of benzene rings is 1. The molecule has 17 heavy (non-hydrogen) atoms. The summed E-state index contributed by atoms with van der Waals surface area (Å²) >= 11 is 0. The maximum atomic E-state index is 11.4. The van der Waals surface area contributed by atoms with Crippen LogP contribution in [0.25, 0.3) is 6.08 Å². The largest absolute Gasteiger partial charge is 0.273 e. The highest BCUT2D eigenvalue weighted by atomic mass is 16.6. The molecule has 6 nitrogen and oxygen atoms in total. The minimum Gasteiger partial charge on any atom is -0.267 e. The summed E-state index contributed by atoms with van der Waals surface area (Å²) in [5, 5.41) is 14.4. The van der Waals surface area contributed by atoms with Crippen LogP contribution in [0.5, 0.6) is 0 Å². The van der Waals surface area contributed by atoms with Crippen LogP contribution in [-0.2, 0) is 4.79 Å². The number of hydrogen-bond acceptors (Lipinski definition) is 4. The van der Waals surface area contributed by atoms with E-state index in [0.717, 1.165) is 0 Å². The van der Waals surface area contributed by atoms with Gasteiger partial charge >= 0.3 is 0 Å². The van der Waals surface area contributed by atoms with Gasteiger partial charge in [-0.25, -0.2) is 5.43 Å². The number of amides is 1. The summed E-state index contributed by atoms with van der Waals surface area (Å²) in [4.78, 5) is 21.5. The molecule has 0 bridgehead atoms. The van der Waals surface area contributed by atoms with Crippen LogP contribution in [0.1, 0.15) is 12.5 Å². The summed E-state index contributed by atoms with van der Waals surface area (Å²) in [7, 11) is 0. The van der Waals surface area contributed by atoms with Crippen LogP contribution in [0.2, 0.25) is 0 Å². The second-order valence-corrected chi connectivity index (χ2v) is 3.55. The zero-order valence-electron chi connectivity index (χ0n) is 9.01. The molecule has 0 radical (unpaired) electrons. The third kappa shape index (κ3) is 2.20. The zero-order valence-corrected chi connectivity index (χ0v) is 9.01. The van der Waals surface area contributed by atoms with Gasteiger partial charge < -0.3 is 0 Å². The van der Waals surface area contributed by atoms with Crippen molar-refractivity contribution < 1.29 is 9.72 Å². The van der Waals surface area contributed by atoms with Gasteiger partial charge in [0.15, 0.2) is 0 Å². The first-order valence-corrected chi connectivity index (χ1v) is 4.89. The summed E-state index contributed by atoms with van der Waals surface area (Å²) in [6.45, 7) is 1.70. The van der Waals surface area contributed by atoms with Crippen LogP contribution in [-0.4, -0.2) is 16.5 Å². The molecule has 86 valence electrons. The molecule has 0 saturated carbocycles. The van der Waals surface area contributed by atoms with Crippen LogP contribution in [0.4, 0.5) is 5.69 Å². The van der Waals surface area contributed by atoms with Gasteiger partial charge in [-0.1, -0.05) is 12.1 Å². The van der Waals surface area contributed by atoms with Crippen molar-refractivity contribution >= 4 is 23.4 Å². The normalized spacial score (nSPS) is 16.9. The Morgan fingerprint density at radius 3 is 2.82 bits per heavy atom. The van der Waals surface area contributed by atoms with Crippen LogP contribution in [0.3, 0.4) is 0 Å². The zero-order chi connectivity index (χ0) is 12.4. The van der Waals surface area contributed by atoms with Gasteiger partial charge in [-0.2, -0.15) is 5.10 Å². The number of carbonyl (C=O) groups excluding carboxylic acids is 1. The van der Waals surface area contributed by atoms with Gasteiger partial charge in [-0.15, -0.1) is 0 Å². The summed E-state index contributed by atoms with van der Waals surface area (Å²) in [6.07, 6.45) is 1.58. The lowest BCUT2D eigenvalue weighted by Crippen LogP contribution is -2.12. The van der Waals surface area contributed by atoms with Crippen LogP contribution >= 0.6 is 0 Å². The molecule has 1 aliphatic rings. The van der Waals surface area contributed by atoms with Gasteiger partial charge in [0, 0.05) is 12.1 Å². The van der Waals surface area contributed by atoms with Gasteiger partial charge in [-0.05, 0) is 18.6 Å². The van der Waals surface area contributed by atoms with E-state index in [9.17, 15) is 14.9 Å². The lowest BCUT2D eigenvalue weighted by Gasteiger charge is -1.97. The number of hydrogen-bond donors (Lipinski definition) is 1. The van der Waals surface area contributed by atoms with Crippen molar-refractivity contribution in [1.82, 2.24) is 5.43 Å². The molecular weight excluding hydrogens is 222 g/mol. The topological polar surface area (TPSA) is 84.6 Å². The van der Waals surface area contributed by atoms with Gasteiger partial charge in [0.1, 0.15) is 0 Å². The number of non-ortho nitro benzene ring substituents is 1. The van der Waals surface area contributed by atoms with Gasteiger partial charge in [0.05, 0.1) is 16.2 Å². The van der Waals surface area contributed by atoms with Crippen molar-refractivity contribution in [3.8, 4) is 0 Å². The Labute approximate surface area is 96.8 Å². The van der Waals surface area contributed by atoms with Crippen molar-refractivity contribution in [2.24, 2.45) is 5.10 Å². The van der Waals surface area contributed by atoms with Crippen molar-refractivity contribution in [3.05, 3.63) is 45.5 Å². The lowest BCUT2D eigenvalue weighted by atomic mass is 10.1. The molecule has 0 spiro atoms. The van der Waals surface area contributed by atoms with Gasteiger partial charge in [0.2, 0.25) is 0 Å². The number of carbonyl (C=O) groups is 1. The van der Waals surface area contributed by atoms with Crippen molar-refractivity contribution in [2.75, 3.05) is 0 Å². The van der Waals surface area contributed by atoms with E-state index in [4.69, 9.17) is 0 Å². The van der Waals surface area contributed by atoms with Crippen LogP contribution in [0, 0.1) is 10.1 Å². The molecule has 6 heteroatoms. The molecule has 0 aliphatic carbocycles. The number of nitrogens with one attached hydrogen (secondary N) is 1. The summed E-state index contributed by atoms with van der Waals surface area (Å²) in [5.74, 6) is -0.297. The standard InChI is InChI=1S/C11H9N3O3/c1-7-10(11(15)13-12-7)6-8-3-2-4-9(5-8)14(16)17/h2-6H,1H3,(H,13,15). The highest BCUT2D eigenvalue weighted by Crippen LogP contribution is 2.17. The molecule has 0 unspecified atom stereocenters. The first kappa shape index (κ1) is 11.0. The number of nitrogens with zero attached hydrogens (tertiary/aromatic N) is 2. The number of hydrazone groups is 1. The second-order valence-electron chi connectivity index (χ2n) is 3.55. The predicted molar refractivity (Wildman–Crippen MR) is 62.3 cm³/mol.